The SMILES string of the molecule is Cc1c(-c2cccc3c(C4Cc5cc6c(cc5-c5ccc7ccccc7c54)c4ccccc4n6-c4ccccc4)cccc23)c(-c2ccccc2)nc2ccccc12. The third-order valence-electron chi connectivity index (χ3n) is 12.7. The third kappa shape index (κ3) is 4.88. The van der Waals surface area contributed by atoms with Crippen molar-refractivity contribution in [3.8, 4) is 39.2 Å². The van der Waals surface area contributed by atoms with Gasteiger partial charge in [0.25, 0.3) is 0 Å². The average molecular weight is 739 g/mol. The summed E-state index contributed by atoms with van der Waals surface area (Å²) in [4.78, 5) is 5.36. The van der Waals surface area contributed by atoms with E-state index in [-0.39, 0.29) is 5.92 Å². The number of rotatable bonds is 4. The molecular weight excluding hydrogens is 701 g/mol. The molecule has 0 saturated carbocycles. The van der Waals surface area contributed by atoms with Gasteiger partial charge >= 0.3 is 0 Å². The highest BCUT2D eigenvalue weighted by Gasteiger charge is 2.31. The minimum Gasteiger partial charge on any atom is -0.309 e. The molecule has 0 radical (unpaired) electrons. The maximum Gasteiger partial charge on any atom is 0.0790 e. The summed E-state index contributed by atoms with van der Waals surface area (Å²) >= 11 is 0. The maximum absolute atomic E-state index is 5.36. The second-order valence-electron chi connectivity index (χ2n) is 15.8. The summed E-state index contributed by atoms with van der Waals surface area (Å²) in [5.74, 6) is 0.143. The molecule has 1 aliphatic carbocycles. The van der Waals surface area contributed by atoms with Crippen LogP contribution in [0.15, 0.2) is 194 Å². The first-order chi connectivity index (χ1) is 28.7. The molecule has 0 saturated heterocycles. The first-order valence-electron chi connectivity index (χ1n) is 20.3. The van der Waals surface area contributed by atoms with Gasteiger partial charge < -0.3 is 4.57 Å². The summed E-state index contributed by atoms with van der Waals surface area (Å²) in [6.45, 7) is 2.27. The second kappa shape index (κ2) is 12.9. The zero-order chi connectivity index (χ0) is 38.3. The highest BCUT2D eigenvalue weighted by atomic mass is 15.0. The van der Waals surface area contributed by atoms with E-state index in [9.17, 15) is 0 Å². The Morgan fingerprint density at radius 1 is 0.483 bits per heavy atom. The Morgan fingerprint density at radius 2 is 1.17 bits per heavy atom. The van der Waals surface area contributed by atoms with Crippen molar-refractivity contribution in [1.29, 1.82) is 0 Å². The quantitative estimate of drug-likeness (QED) is 0.176. The van der Waals surface area contributed by atoms with Gasteiger partial charge in [-0.05, 0) is 110 Å². The Labute approximate surface area is 337 Å². The number of aryl methyl sites for hydroxylation is 1. The van der Waals surface area contributed by atoms with E-state index in [2.05, 4.69) is 206 Å². The summed E-state index contributed by atoms with van der Waals surface area (Å²) in [6.07, 6.45) is 0.901. The Morgan fingerprint density at radius 3 is 2.03 bits per heavy atom. The van der Waals surface area contributed by atoms with Crippen LogP contribution in [0.3, 0.4) is 0 Å². The molecular formula is C56H38N2. The summed E-state index contributed by atoms with van der Waals surface area (Å²) in [6, 6.07) is 71.5. The van der Waals surface area contributed by atoms with E-state index in [1.807, 2.05) is 0 Å². The molecule has 272 valence electrons. The van der Waals surface area contributed by atoms with E-state index < -0.39 is 0 Å². The first-order valence-corrected chi connectivity index (χ1v) is 20.3. The van der Waals surface area contributed by atoms with Gasteiger partial charge in [-0.2, -0.15) is 0 Å². The Bertz CT molecular complexity index is 3430. The van der Waals surface area contributed by atoms with Crippen molar-refractivity contribution in [2.45, 2.75) is 19.3 Å². The van der Waals surface area contributed by atoms with E-state index in [4.69, 9.17) is 4.98 Å². The Hall–Kier alpha value is -7.29. The number of para-hydroxylation sites is 3. The summed E-state index contributed by atoms with van der Waals surface area (Å²) < 4.78 is 2.45. The van der Waals surface area contributed by atoms with Gasteiger partial charge in [-0.25, -0.2) is 4.98 Å². The topological polar surface area (TPSA) is 17.8 Å². The predicted molar refractivity (Wildman–Crippen MR) is 244 cm³/mol. The minimum absolute atomic E-state index is 0.143. The molecule has 0 amide bonds. The first kappa shape index (κ1) is 32.9. The van der Waals surface area contributed by atoms with E-state index in [1.165, 1.54) is 98.9 Å². The molecule has 0 aliphatic heterocycles. The molecule has 2 heteroatoms. The molecule has 2 nitrogen and oxygen atoms in total. The molecule has 12 rings (SSSR count). The van der Waals surface area contributed by atoms with Crippen LogP contribution >= 0.6 is 0 Å². The molecule has 1 atom stereocenters. The van der Waals surface area contributed by atoms with Gasteiger partial charge in [-0.1, -0.05) is 158 Å². The van der Waals surface area contributed by atoms with E-state index >= 15 is 0 Å². The molecule has 1 unspecified atom stereocenters. The Kier molecular flexibility index (Phi) is 7.30. The van der Waals surface area contributed by atoms with Gasteiger partial charge in [-0.3, -0.25) is 0 Å². The normalized spacial score (nSPS) is 13.7. The van der Waals surface area contributed by atoms with Crippen LogP contribution in [0.5, 0.6) is 0 Å². The molecule has 9 aromatic carbocycles. The molecule has 0 spiro atoms. The maximum atomic E-state index is 5.36. The fraction of sp³-hybridized carbons (Fsp3) is 0.0536. The van der Waals surface area contributed by atoms with Gasteiger partial charge in [0.1, 0.15) is 0 Å². The number of hydrogen-bond donors (Lipinski definition) is 0. The molecule has 2 aromatic heterocycles. The van der Waals surface area contributed by atoms with Gasteiger partial charge in [0.15, 0.2) is 0 Å². The second-order valence-corrected chi connectivity index (χ2v) is 15.8. The van der Waals surface area contributed by atoms with Crippen LogP contribution in [0, 0.1) is 6.92 Å². The lowest BCUT2D eigenvalue weighted by atomic mass is 9.72. The van der Waals surface area contributed by atoms with E-state index in [0.717, 1.165) is 23.2 Å². The molecule has 58 heavy (non-hydrogen) atoms. The van der Waals surface area contributed by atoms with Crippen molar-refractivity contribution in [2.75, 3.05) is 0 Å². The van der Waals surface area contributed by atoms with Crippen molar-refractivity contribution in [1.82, 2.24) is 9.55 Å². The molecule has 0 fully saturated rings. The zero-order valence-corrected chi connectivity index (χ0v) is 32.2. The lowest BCUT2D eigenvalue weighted by Crippen LogP contribution is -2.14. The van der Waals surface area contributed by atoms with Crippen LogP contribution in [-0.2, 0) is 6.42 Å². The number of benzene rings is 9. The summed E-state index contributed by atoms with van der Waals surface area (Å²) in [5, 5.41) is 8.92. The van der Waals surface area contributed by atoms with Crippen LogP contribution in [0.4, 0.5) is 0 Å². The van der Waals surface area contributed by atoms with E-state index in [0.29, 0.717) is 0 Å². The highest BCUT2D eigenvalue weighted by molar-refractivity contribution is 6.12. The number of nitrogens with zero attached hydrogens (tertiary/aromatic N) is 2. The van der Waals surface area contributed by atoms with E-state index in [1.54, 1.807) is 0 Å². The van der Waals surface area contributed by atoms with Gasteiger partial charge in [0.05, 0.1) is 22.2 Å². The monoisotopic (exact) mass is 738 g/mol. The van der Waals surface area contributed by atoms with Crippen molar-refractivity contribution in [3.05, 3.63) is 216 Å². The third-order valence-corrected chi connectivity index (χ3v) is 12.7. The molecule has 11 aromatic rings. The average Bonchev–Trinajstić information content (AvgIpc) is 3.61. The number of fused-ring (bicyclic) bond motifs is 10. The van der Waals surface area contributed by atoms with Crippen LogP contribution in [0.2, 0.25) is 0 Å². The van der Waals surface area contributed by atoms with Gasteiger partial charge in [0, 0.05) is 38.9 Å². The van der Waals surface area contributed by atoms with Crippen LogP contribution in [0.25, 0.3) is 93.5 Å². The van der Waals surface area contributed by atoms with Crippen molar-refractivity contribution >= 4 is 54.3 Å². The van der Waals surface area contributed by atoms with Crippen LogP contribution in [0.1, 0.15) is 28.2 Å². The fourth-order valence-corrected chi connectivity index (χ4v) is 10.2. The summed E-state index contributed by atoms with van der Waals surface area (Å²) in [5.41, 5.74) is 17.3. The molecule has 1 aliphatic rings. The van der Waals surface area contributed by atoms with Crippen molar-refractivity contribution in [2.24, 2.45) is 0 Å². The van der Waals surface area contributed by atoms with Crippen molar-refractivity contribution in [3.63, 3.8) is 0 Å². The smallest absolute Gasteiger partial charge is 0.0790 e. The predicted octanol–water partition coefficient (Wildman–Crippen LogP) is 14.6. The largest absolute Gasteiger partial charge is 0.309 e. The zero-order valence-electron chi connectivity index (χ0n) is 32.2. The van der Waals surface area contributed by atoms with Crippen LogP contribution in [-0.4, -0.2) is 9.55 Å². The number of aromatic nitrogens is 2. The molecule has 2 heterocycles. The number of pyridine rings is 1. The standard InChI is InChI=1S/C56H38N2/c1-35-40-21-10-12-28-51(40)57-56(37-17-4-2-5-18-37)54(35)46-27-15-24-42-43(46)25-14-26-44(42)50-32-38-33-53-49(34-48(38)47-31-30-36-16-8-9-22-41(36)55(47)50)45-23-11-13-29-52(45)58(53)39-19-6-3-7-20-39/h2-31,33-34,50H,32H2,1H3. The van der Waals surface area contributed by atoms with Crippen molar-refractivity contribution < 1.29 is 0 Å². The van der Waals surface area contributed by atoms with Gasteiger partial charge in [-0.15, -0.1) is 0 Å². The molecule has 0 bridgehead atoms. The fourth-order valence-electron chi connectivity index (χ4n) is 10.2. The summed E-state index contributed by atoms with van der Waals surface area (Å²) in [7, 11) is 0. The minimum atomic E-state index is 0.143. The van der Waals surface area contributed by atoms with Crippen LogP contribution < -0.4 is 0 Å². The van der Waals surface area contributed by atoms with Gasteiger partial charge in [0.2, 0.25) is 0 Å². The Balaban J connectivity index is 1.12. The molecule has 0 N–H and O–H groups in total. The lowest BCUT2D eigenvalue weighted by molar-refractivity contribution is 0.808. The highest BCUT2D eigenvalue weighted by Crippen LogP contribution is 2.50. The number of hydrogen-bond acceptors (Lipinski definition) is 1. The lowest BCUT2D eigenvalue weighted by Gasteiger charge is -2.31.